The average molecular weight is 399 g/mol. The Labute approximate surface area is 174 Å². The molecule has 0 saturated heterocycles. The summed E-state index contributed by atoms with van der Waals surface area (Å²) in [5, 5.41) is 16.7. The van der Waals surface area contributed by atoms with Crippen LogP contribution in [0.15, 0.2) is 0 Å². The second kappa shape index (κ2) is 18.0. The highest BCUT2D eigenvalue weighted by Gasteiger charge is 2.35. The van der Waals surface area contributed by atoms with Crippen LogP contribution < -0.4 is 5.73 Å². The van der Waals surface area contributed by atoms with Gasteiger partial charge in [-0.25, -0.2) is 5.41 Å². The fraction of sp³-hybridized carbons (Fsp3) is 0.913. The number of carbonyl (C=O) groups is 1. The van der Waals surface area contributed by atoms with Gasteiger partial charge in [-0.3, -0.25) is 0 Å². The molecular weight excluding hydrogens is 350 g/mol. The van der Waals surface area contributed by atoms with Crippen LogP contribution in [0.4, 0.5) is 4.79 Å². The second-order valence-corrected chi connectivity index (χ2v) is 8.59. The summed E-state index contributed by atoms with van der Waals surface area (Å²) in [6, 6.07) is 0. The highest BCUT2D eigenvalue weighted by Crippen LogP contribution is 2.15. The second-order valence-electron chi connectivity index (χ2n) is 8.59. The zero-order chi connectivity index (χ0) is 21.1. The number of guanidine groups is 1. The highest BCUT2D eigenvalue weighted by atomic mass is 16.4. The van der Waals surface area contributed by atoms with E-state index in [9.17, 15) is 9.90 Å². The third-order valence-electron chi connectivity index (χ3n) is 5.91. The maximum Gasteiger partial charge on any atom is 0.521 e. The van der Waals surface area contributed by atoms with E-state index in [0.717, 1.165) is 19.3 Å². The Kier molecular flexibility index (Phi) is 17.3. The van der Waals surface area contributed by atoms with Gasteiger partial charge in [-0.2, -0.15) is 9.28 Å². The minimum absolute atomic E-state index is 0.292. The van der Waals surface area contributed by atoms with Crippen molar-refractivity contribution in [3.05, 3.63) is 0 Å². The number of amides is 1. The number of nitrogens with zero attached hydrogens (tertiary/aromatic N) is 1. The van der Waals surface area contributed by atoms with E-state index in [1.165, 1.54) is 103 Å². The van der Waals surface area contributed by atoms with E-state index in [1.807, 2.05) is 0 Å². The van der Waals surface area contributed by atoms with Gasteiger partial charge in [0.25, 0.3) is 0 Å². The fourth-order valence-electron chi connectivity index (χ4n) is 3.65. The number of nitrogens with one attached hydrogen (secondary N) is 1. The summed E-state index contributed by atoms with van der Waals surface area (Å²) in [5.41, 5.74) is 5.42. The highest BCUT2D eigenvalue weighted by molar-refractivity contribution is 5.78. The van der Waals surface area contributed by atoms with Crippen molar-refractivity contribution in [2.24, 2.45) is 5.73 Å². The molecular formula is C23H48N3O2+. The summed E-state index contributed by atoms with van der Waals surface area (Å²) in [6.45, 7) is 2.68. The number of carboxylic acid groups (broad SMARTS) is 1. The predicted octanol–water partition coefficient (Wildman–Crippen LogP) is 7.05. The van der Waals surface area contributed by atoms with Gasteiger partial charge in [-0.15, -0.1) is 0 Å². The van der Waals surface area contributed by atoms with Crippen molar-refractivity contribution in [3.63, 3.8) is 0 Å². The first-order chi connectivity index (χ1) is 13.4. The monoisotopic (exact) mass is 398 g/mol. The van der Waals surface area contributed by atoms with Gasteiger partial charge in [-0.05, 0) is 12.8 Å². The molecule has 0 aromatic carbocycles. The molecule has 1 atom stereocenters. The van der Waals surface area contributed by atoms with Crippen molar-refractivity contribution in [1.82, 2.24) is 0 Å². The molecule has 0 aliphatic rings. The Bertz CT molecular complexity index is 385. The van der Waals surface area contributed by atoms with Gasteiger partial charge in [0.2, 0.25) is 0 Å². The first kappa shape index (κ1) is 26.9. The van der Waals surface area contributed by atoms with Crippen molar-refractivity contribution in [3.8, 4) is 0 Å². The van der Waals surface area contributed by atoms with Gasteiger partial charge in [0.15, 0.2) is 0 Å². The number of hydrogen-bond acceptors (Lipinski definition) is 2. The number of nitrogens with two attached hydrogens (primary N) is 1. The standard InChI is InChI=1S/C23H47N3O2/c1-3-4-5-6-7-8-9-10-11-12-13-14-15-16-17-18-19-20-21-26(2,22(24)25)23(27)28/h3-21H2,1-2H3,(H3-,24,25,27,28)/p+1. The maximum atomic E-state index is 11.2. The van der Waals surface area contributed by atoms with Crippen LogP contribution in [0.3, 0.4) is 0 Å². The predicted molar refractivity (Wildman–Crippen MR) is 120 cm³/mol. The molecule has 0 heterocycles. The molecule has 0 fully saturated rings. The summed E-state index contributed by atoms with van der Waals surface area (Å²) in [4.78, 5) is 11.2. The van der Waals surface area contributed by atoms with E-state index in [0.29, 0.717) is 6.54 Å². The van der Waals surface area contributed by atoms with Gasteiger partial charge in [-0.1, -0.05) is 110 Å². The molecule has 0 bridgehead atoms. The van der Waals surface area contributed by atoms with Crippen LogP contribution in [0.5, 0.6) is 0 Å². The molecule has 0 aliphatic heterocycles. The van der Waals surface area contributed by atoms with Crippen LogP contribution in [0.2, 0.25) is 0 Å². The Hall–Kier alpha value is -1.10. The topological polar surface area (TPSA) is 87.2 Å². The molecule has 1 unspecified atom stereocenters. The first-order valence-electron chi connectivity index (χ1n) is 11.9. The normalized spacial score (nSPS) is 13.4. The molecule has 1 amide bonds. The van der Waals surface area contributed by atoms with Crippen LogP contribution in [0.1, 0.15) is 122 Å². The zero-order valence-electron chi connectivity index (χ0n) is 18.8. The molecule has 5 nitrogen and oxygen atoms in total. The largest absolute Gasteiger partial charge is 0.521 e. The van der Waals surface area contributed by atoms with Crippen LogP contribution in [-0.2, 0) is 0 Å². The Balaban J connectivity index is 3.30. The Morgan fingerprint density at radius 2 is 1.00 bits per heavy atom. The van der Waals surface area contributed by atoms with E-state index in [2.05, 4.69) is 6.92 Å². The lowest BCUT2D eigenvalue weighted by molar-refractivity contribution is -0.747. The molecule has 0 spiro atoms. The van der Waals surface area contributed by atoms with Crippen LogP contribution in [0.25, 0.3) is 0 Å². The molecule has 0 aromatic rings. The smallest absolute Gasteiger partial charge is 0.435 e. The number of hydrogen-bond donors (Lipinski definition) is 3. The van der Waals surface area contributed by atoms with Crippen molar-refractivity contribution in [1.29, 1.82) is 5.41 Å². The van der Waals surface area contributed by atoms with Crippen LogP contribution in [0, 0.1) is 5.41 Å². The molecule has 4 N–H and O–H groups in total. The van der Waals surface area contributed by atoms with Crippen molar-refractivity contribution < 1.29 is 14.4 Å². The third kappa shape index (κ3) is 14.0. The molecule has 0 aromatic heterocycles. The molecule has 5 heteroatoms. The third-order valence-corrected chi connectivity index (χ3v) is 5.91. The van der Waals surface area contributed by atoms with E-state index < -0.39 is 10.6 Å². The van der Waals surface area contributed by atoms with Gasteiger partial charge < -0.3 is 10.8 Å². The lowest BCUT2D eigenvalue weighted by Crippen LogP contribution is -2.56. The number of quaternary nitrogens is 1. The molecule has 0 aliphatic carbocycles. The lowest BCUT2D eigenvalue weighted by Gasteiger charge is -2.24. The quantitative estimate of drug-likeness (QED) is 0.0943. The number of unbranched alkanes of at least 4 members (excludes halogenated alkanes) is 17. The molecule has 166 valence electrons. The average Bonchev–Trinajstić information content (AvgIpc) is 2.66. The van der Waals surface area contributed by atoms with Crippen molar-refractivity contribution >= 4 is 12.1 Å². The van der Waals surface area contributed by atoms with E-state index in [4.69, 9.17) is 11.1 Å². The van der Waals surface area contributed by atoms with Crippen LogP contribution in [-0.4, -0.2) is 35.2 Å². The molecule has 28 heavy (non-hydrogen) atoms. The molecule has 0 rings (SSSR count). The fourth-order valence-corrected chi connectivity index (χ4v) is 3.65. The summed E-state index contributed by atoms with van der Waals surface area (Å²) in [6.07, 6.45) is 22.6. The van der Waals surface area contributed by atoms with Gasteiger partial charge in [0.05, 0.1) is 13.6 Å². The molecule has 0 radical (unpaired) electrons. The van der Waals surface area contributed by atoms with Gasteiger partial charge in [0, 0.05) is 0 Å². The summed E-state index contributed by atoms with van der Waals surface area (Å²) < 4.78 is -0.487. The Morgan fingerprint density at radius 1 is 0.714 bits per heavy atom. The minimum atomic E-state index is -1.04. The molecule has 0 saturated carbocycles. The lowest BCUT2D eigenvalue weighted by atomic mass is 10.0. The van der Waals surface area contributed by atoms with Crippen LogP contribution >= 0.6 is 0 Å². The number of rotatable bonds is 19. The van der Waals surface area contributed by atoms with E-state index in [1.54, 1.807) is 0 Å². The maximum absolute atomic E-state index is 11.2. The first-order valence-corrected chi connectivity index (χ1v) is 11.9. The summed E-state index contributed by atoms with van der Waals surface area (Å²) in [5.74, 6) is -0.292. The zero-order valence-corrected chi connectivity index (χ0v) is 18.8. The van der Waals surface area contributed by atoms with Crippen molar-refractivity contribution in [2.45, 2.75) is 122 Å². The van der Waals surface area contributed by atoms with Crippen molar-refractivity contribution in [2.75, 3.05) is 13.6 Å². The Morgan fingerprint density at radius 3 is 1.25 bits per heavy atom. The van der Waals surface area contributed by atoms with E-state index >= 15 is 0 Å². The van der Waals surface area contributed by atoms with Gasteiger partial charge >= 0.3 is 12.1 Å². The SMILES string of the molecule is CCCCCCCCCCCCCCCCCCCC[N+](C)(C(=N)N)C(=O)O. The summed E-state index contributed by atoms with van der Waals surface area (Å²) >= 11 is 0. The van der Waals surface area contributed by atoms with Gasteiger partial charge in [0.1, 0.15) is 0 Å². The summed E-state index contributed by atoms with van der Waals surface area (Å²) in [7, 11) is 1.50. The van der Waals surface area contributed by atoms with E-state index in [-0.39, 0.29) is 5.96 Å². The minimum Gasteiger partial charge on any atom is -0.435 e.